The number of rotatable bonds is 0. The van der Waals surface area contributed by atoms with E-state index in [9.17, 15) is 0 Å². The Morgan fingerprint density at radius 1 is 2.50 bits per heavy atom. The van der Waals surface area contributed by atoms with Gasteiger partial charge in [-0.15, -0.1) is 0 Å². The summed E-state index contributed by atoms with van der Waals surface area (Å²) in [4.78, 5) is 0. The van der Waals surface area contributed by atoms with Crippen LogP contribution in [0.4, 0.5) is 0 Å². The maximum absolute atomic E-state index is 7.42. The first-order valence-corrected chi connectivity index (χ1v) is 0.712. The molecule has 0 heterocycles. The third-order valence-corrected chi connectivity index (χ3v) is 0.0577. The van der Waals surface area contributed by atoms with Gasteiger partial charge in [0.1, 0.15) is 7.69 Å². The van der Waals surface area contributed by atoms with Crippen molar-refractivity contribution in [2.24, 2.45) is 10.9 Å². The summed E-state index contributed by atoms with van der Waals surface area (Å²) in [7, 11) is 0. The first kappa shape index (κ1) is 1.58. The topological polar surface area (TPSA) is 58.6 Å². The molecule has 0 fully saturated rings. The predicted molar refractivity (Wildman–Crippen MR) is 14.5 cm³/mol. The van der Waals surface area contributed by atoms with Gasteiger partial charge in [-0.1, -0.05) is 5.16 Å². The number of hydrogen-bond donors (Lipinski definition) is 2. The molecule has 0 rings (SSSR count). The first-order valence-electron chi connectivity index (χ1n) is 1.21. The summed E-state index contributed by atoms with van der Waals surface area (Å²) in [5.74, 6) is 0. The zero-order valence-electron chi connectivity index (χ0n) is 2.97. The highest BCUT2D eigenvalue weighted by atomic mass is 16.4. The van der Waals surface area contributed by atoms with Crippen molar-refractivity contribution in [3.05, 3.63) is 0 Å². The highest BCUT2D eigenvalue weighted by Gasteiger charge is 1.32. The van der Waals surface area contributed by atoms with E-state index >= 15 is 0 Å². The molecule has 0 radical (unpaired) electrons. The fourth-order valence-corrected chi connectivity index (χ4v) is 0. The van der Waals surface area contributed by atoms with E-state index in [4.69, 9.17) is 6.58 Å². The molecule has 0 atom stereocenters. The van der Waals surface area contributed by atoms with E-state index in [2.05, 4.69) is 10.9 Å². The summed E-state index contributed by atoms with van der Waals surface area (Å²) in [5, 5.41) is 9.67. The second kappa shape index (κ2) is 2.27. The van der Waals surface area contributed by atoms with Crippen LogP contribution in [-0.4, -0.2) is 11.5 Å². The zero-order valence-corrected chi connectivity index (χ0v) is 1.97. The number of oxime groups is 1. The van der Waals surface area contributed by atoms with Crippen LogP contribution in [0.3, 0.4) is 0 Å². The van der Waals surface area contributed by atoms with Crippen LogP contribution >= 0.6 is 0 Å². The smallest absolute Gasteiger partial charge is 0.125 e. The van der Waals surface area contributed by atoms with Gasteiger partial charge in [0, 0.05) is 0 Å². The van der Waals surface area contributed by atoms with Gasteiger partial charge in [-0.2, -0.15) is 0 Å². The number of amidine groups is 1. The molecule has 0 aromatic heterocycles. The fraction of sp³-hybridized carbons (Fsp3) is 0. The molecule has 0 bridgehead atoms. The van der Waals surface area contributed by atoms with Crippen LogP contribution in [0.15, 0.2) is 5.16 Å². The standard InChI is InChI=1S/CH4N2O/c2-1-3-4/h1,4H,(H2,2,3)/i1D. The van der Waals surface area contributed by atoms with Crippen molar-refractivity contribution in [2.45, 2.75) is 0 Å². The molecule has 3 N–H and O–H groups in total. The minimum absolute atomic E-state index is 0.565. The van der Waals surface area contributed by atoms with Crippen LogP contribution < -0.4 is 5.73 Å². The van der Waals surface area contributed by atoms with Crippen LogP contribution in [0.1, 0.15) is 1.37 Å². The Labute approximate surface area is 25.1 Å². The van der Waals surface area contributed by atoms with E-state index < -0.39 is 6.31 Å². The molecule has 4 heavy (non-hydrogen) atoms. The molecule has 24 valence electrons. The minimum atomic E-state index is -0.565. The SMILES string of the molecule is [2H]/C(N)=N/O. The van der Waals surface area contributed by atoms with Gasteiger partial charge in [0.25, 0.3) is 0 Å². The molecule has 0 spiro atoms. The molecule has 0 aromatic rings. The quantitative estimate of drug-likeness (QED) is 0.169. The van der Waals surface area contributed by atoms with Gasteiger partial charge < -0.3 is 10.9 Å². The highest BCUT2D eigenvalue weighted by molar-refractivity contribution is 5.49. The van der Waals surface area contributed by atoms with E-state index in [0.717, 1.165) is 0 Å². The van der Waals surface area contributed by atoms with E-state index in [1.54, 1.807) is 0 Å². The molecule has 0 aliphatic rings. The molecular formula is CH4N2O. The van der Waals surface area contributed by atoms with Crippen LogP contribution in [-0.2, 0) is 0 Å². The lowest BCUT2D eigenvalue weighted by atomic mass is 11.4. The lowest BCUT2D eigenvalue weighted by Crippen LogP contribution is -1.85. The van der Waals surface area contributed by atoms with Crippen LogP contribution in [0.25, 0.3) is 0 Å². The Morgan fingerprint density at radius 2 is 2.75 bits per heavy atom. The summed E-state index contributed by atoms with van der Waals surface area (Å²) in [5.41, 5.74) is 4.46. The van der Waals surface area contributed by atoms with Gasteiger partial charge in [-0.3, -0.25) is 0 Å². The largest absolute Gasteiger partial charge is 0.410 e. The van der Waals surface area contributed by atoms with Crippen LogP contribution in [0.2, 0.25) is 0 Å². The van der Waals surface area contributed by atoms with Crippen LogP contribution in [0, 0.1) is 0 Å². The molecule has 0 aliphatic heterocycles. The van der Waals surface area contributed by atoms with Gasteiger partial charge in [0.2, 0.25) is 0 Å². The molecule has 0 aromatic carbocycles. The van der Waals surface area contributed by atoms with Crippen LogP contribution in [0.5, 0.6) is 0 Å². The summed E-state index contributed by atoms with van der Waals surface area (Å²) in [6.07, 6.45) is -0.565. The van der Waals surface area contributed by atoms with Crippen molar-refractivity contribution >= 4 is 6.31 Å². The zero-order chi connectivity index (χ0) is 4.28. The Bertz CT molecular complexity index is 47.6. The first-order chi connectivity index (χ1) is 2.27. The molecule has 0 unspecified atom stereocenters. The summed E-state index contributed by atoms with van der Waals surface area (Å²) in [6, 6.07) is 0. The summed E-state index contributed by atoms with van der Waals surface area (Å²) in [6.45, 7) is 0. The van der Waals surface area contributed by atoms with E-state index in [0.29, 0.717) is 0 Å². The van der Waals surface area contributed by atoms with Crippen molar-refractivity contribution in [3.63, 3.8) is 0 Å². The monoisotopic (exact) mass is 61.0 g/mol. The molecule has 0 saturated heterocycles. The normalized spacial score (nSPS) is 15.0. The Hall–Kier alpha value is -0.730. The van der Waals surface area contributed by atoms with Gasteiger partial charge in [-0.05, 0) is 0 Å². The average molecular weight is 61.1 g/mol. The van der Waals surface area contributed by atoms with Gasteiger partial charge in [0.15, 0.2) is 0 Å². The number of hydrogen-bond acceptors (Lipinski definition) is 2. The third kappa shape index (κ3) is 1.27. The van der Waals surface area contributed by atoms with Crippen molar-refractivity contribution < 1.29 is 6.58 Å². The van der Waals surface area contributed by atoms with Gasteiger partial charge in [-0.25, -0.2) is 0 Å². The molecule has 3 nitrogen and oxygen atoms in total. The second-order valence-electron chi connectivity index (χ2n) is 0.229. The Kier molecular flexibility index (Phi) is 0.894. The van der Waals surface area contributed by atoms with E-state index in [1.807, 2.05) is 0 Å². The number of nitrogens with zero attached hydrogens (tertiary/aromatic N) is 1. The van der Waals surface area contributed by atoms with E-state index in [1.165, 1.54) is 0 Å². The maximum Gasteiger partial charge on any atom is 0.125 e. The maximum atomic E-state index is 7.42. The third-order valence-electron chi connectivity index (χ3n) is 0.0577. The minimum Gasteiger partial charge on any atom is -0.410 e. The van der Waals surface area contributed by atoms with Gasteiger partial charge >= 0.3 is 0 Å². The lowest BCUT2D eigenvalue weighted by molar-refractivity contribution is 0.321. The Morgan fingerprint density at radius 3 is 2.75 bits per heavy atom. The van der Waals surface area contributed by atoms with Crippen molar-refractivity contribution in [3.8, 4) is 0 Å². The Balaban J connectivity index is 3.14. The fourth-order valence-electron chi connectivity index (χ4n) is 0. The summed E-state index contributed by atoms with van der Waals surface area (Å²) >= 11 is 0. The molecule has 0 amide bonds. The van der Waals surface area contributed by atoms with Crippen molar-refractivity contribution in [1.29, 1.82) is 0 Å². The lowest BCUT2D eigenvalue weighted by Gasteiger charge is -1.56. The molecular weight excluding hydrogens is 56.0 g/mol. The molecule has 0 saturated carbocycles. The van der Waals surface area contributed by atoms with Crippen molar-refractivity contribution in [2.75, 3.05) is 0 Å². The second-order valence-corrected chi connectivity index (χ2v) is 0.229. The molecule has 0 aliphatic carbocycles. The van der Waals surface area contributed by atoms with Crippen molar-refractivity contribution in [1.82, 2.24) is 0 Å². The molecule has 3 heteroatoms. The predicted octanol–water partition coefficient (Wildman–Crippen LogP) is -0.637. The van der Waals surface area contributed by atoms with Gasteiger partial charge in [0.05, 0.1) is 0 Å². The number of nitrogens with two attached hydrogens (primary N) is 1. The average Bonchev–Trinajstić information content (AvgIpc) is 1.38. The van der Waals surface area contributed by atoms with E-state index in [-0.39, 0.29) is 0 Å². The highest BCUT2D eigenvalue weighted by Crippen LogP contribution is 1.27. The summed E-state index contributed by atoms with van der Waals surface area (Å²) < 4.78 is 6.10.